The Bertz CT molecular complexity index is 443. The first-order valence-corrected chi connectivity index (χ1v) is 8.49. The molecule has 2 N–H and O–H groups in total. The number of nitrogens with zero attached hydrogens (tertiary/aromatic N) is 1. The van der Waals surface area contributed by atoms with Crippen molar-refractivity contribution in [2.45, 2.75) is 57.0 Å². The van der Waals surface area contributed by atoms with E-state index in [2.05, 4.69) is 4.90 Å². The van der Waals surface area contributed by atoms with Crippen LogP contribution in [0.5, 0.6) is 0 Å². The molecule has 3 rings (SSSR count). The Labute approximate surface area is 127 Å². The van der Waals surface area contributed by atoms with Gasteiger partial charge in [-0.1, -0.05) is 25.0 Å². The smallest absolute Gasteiger partial charge is 0.123 e. The van der Waals surface area contributed by atoms with Crippen molar-refractivity contribution in [1.82, 2.24) is 4.90 Å². The van der Waals surface area contributed by atoms with Gasteiger partial charge < -0.3 is 10.6 Å². The number of hydrogen-bond donors (Lipinski definition) is 1. The molecule has 21 heavy (non-hydrogen) atoms. The molecule has 116 valence electrons. The van der Waals surface area contributed by atoms with E-state index in [1.807, 2.05) is 12.1 Å². The highest BCUT2D eigenvalue weighted by Gasteiger charge is 2.32. The van der Waals surface area contributed by atoms with Gasteiger partial charge in [0.05, 0.1) is 0 Å². The SMILES string of the molecule is NC(CCN1CCC[C@H]2CCCC[C@H]21)c1ccc(F)cc1. The molecule has 1 heterocycles. The van der Waals surface area contributed by atoms with Crippen LogP contribution in [-0.4, -0.2) is 24.0 Å². The fourth-order valence-electron chi connectivity index (χ4n) is 4.19. The molecule has 1 saturated heterocycles. The van der Waals surface area contributed by atoms with Crippen LogP contribution in [0.25, 0.3) is 0 Å². The maximum atomic E-state index is 13.0. The van der Waals surface area contributed by atoms with E-state index in [4.69, 9.17) is 5.73 Å². The van der Waals surface area contributed by atoms with E-state index >= 15 is 0 Å². The minimum Gasteiger partial charge on any atom is -0.324 e. The summed E-state index contributed by atoms with van der Waals surface area (Å²) in [5, 5.41) is 0. The summed E-state index contributed by atoms with van der Waals surface area (Å²) in [6, 6.07) is 7.47. The molecule has 1 aromatic carbocycles. The molecule has 3 atom stereocenters. The van der Waals surface area contributed by atoms with E-state index in [1.54, 1.807) is 0 Å². The van der Waals surface area contributed by atoms with Crippen LogP contribution in [0.1, 0.15) is 56.6 Å². The van der Waals surface area contributed by atoms with Crippen LogP contribution in [-0.2, 0) is 0 Å². The number of hydrogen-bond acceptors (Lipinski definition) is 2. The molecule has 1 aliphatic carbocycles. The van der Waals surface area contributed by atoms with Crippen molar-refractivity contribution in [3.63, 3.8) is 0 Å². The number of fused-ring (bicyclic) bond motifs is 1. The molecule has 1 unspecified atom stereocenters. The van der Waals surface area contributed by atoms with Gasteiger partial charge in [-0.25, -0.2) is 4.39 Å². The Morgan fingerprint density at radius 1 is 1.10 bits per heavy atom. The standard InChI is InChI=1S/C18H27FN2/c19-16-9-7-14(8-10-16)17(20)11-13-21-12-3-5-15-4-1-2-6-18(15)21/h7-10,15,17-18H,1-6,11-13,20H2/t15-,17?,18-/m1/s1. The highest BCUT2D eigenvalue weighted by Crippen LogP contribution is 2.35. The van der Waals surface area contributed by atoms with Gasteiger partial charge >= 0.3 is 0 Å². The normalized spacial score (nSPS) is 28.1. The Balaban J connectivity index is 1.55. The molecule has 1 aliphatic heterocycles. The van der Waals surface area contributed by atoms with Crippen LogP contribution in [0.4, 0.5) is 4.39 Å². The number of halogens is 1. The summed E-state index contributed by atoms with van der Waals surface area (Å²) in [7, 11) is 0. The quantitative estimate of drug-likeness (QED) is 0.912. The molecule has 0 aromatic heterocycles. The molecular formula is C18H27FN2. The number of nitrogens with two attached hydrogens (primary N) is 1. The molecule has 0 amide bonds. The maximum Gasteiger partial charge on any atom is 0.123 e. The summed E-state index contributed by atoms with van der Waals surface area (Å²) < 4.78 is 13.0. The van der Waals surface area contributed by atoms with Crippen LogP contribution < -0.4 is 5.73 Å². The van der Waals surface area contributed by atoms with Crippen LogP contribution in [0, 0.1) is 11.7 Å². The average Bonchev–Trinajstić information content (AvgIpc) is 2.53. The zero-order valence-electron chi connectivity index (χ0n) is 12.8. The van der Waals surface area contributed by atoms with Crippen LogP contribution in [0.15, 0.2) is 24.3 Å². The van der Waals surface area contributed by atoms with Crippen LogP contribution in [0.3, 0.4) is 0 Å². The second-order valence-electron chi connectivity index (χ2n) is 6.74. The molecular weight excluding hydrogens is 263 g/mol. The minimum atomic E-state index is -0.188. The van der Waals surface area contributed by atoms with Gasteiger partial charge in [0.25, 0.3) is 0 Å². The van der Waals surface area contributed by atoms with Gasteiger partial charge in [-0.3, -0.25) is 0 Å². The van der Waals surface area contributed by atoms with Crippen molar-refractivity contribution in [2.24, 2.45) is 11.7 Å². The monoisotopic (exact) mass is 290 g/mol. The topological polar surface area (TPSA) is 29.3 Å². The summed E-state index contributed by atoms with van der Waals surface area (Å²) in [5.41, 5.74) is 7.33. The van der Waals surface area contributed by atoms with Crippen molar-refractivity contribution < 1.29 is 4.39 Å². The number of benzene rings is 1. The van der Waals surface area contributed by atoms with E-state index in [9.17, 15) is 4.39 Å². The molecule has 0 spiro atoms. The lowest BCUT2D eigenvalue weighted by Crippen LogP contribution is -2.47. The van der Waals surface area contributed by atoms with Crippen LogP contribution >= 0.6 is 0 Å². The lowest BCUT2D eigenvalue weighted by Gasteiger charge is -2.44. The highest BCUT2D eigenvalue weighted by molar-refractivity contribution is 5.19. The number of rotatable bonds is 4. The largest absolute Gasteiger partial charge is 0.324 e. The second-order valence-corrected chi connectivity index (χ2v) is 6.74. The Morgan fingerprint density at radius 2 is 1.81 bits per heavy atom. The van der Waals surface area contributed by atoms with E-state index in [-0.39, 0.29) is 11.9 Å². The summed E-state index contributed by atoms with van der Waals surface area (Å²) >= 11 is 0. The van der Waals surface area contributed by atoms with Crippen LogP contribution in [0.2, 0.25) is 0 Å². The molecule has 2 aliphatic rings. The van der Waals surface area contributed by atoms with Gasteiger partial charge in [-0.15, -0.1) is 0 Å². The van der Waals surface area contributed by atoms with Gasteiger partial charge in [-0.05, 0) is 62.3 Å². The van der Waals surface area contributed by atoms with Crippen molar-refractivity contribution in [1.29, 1.82) is 0 Å². The minimum absolute atomic E-state index is 0.0227. The van der Waals surface area contributed by atoms with Crippen molar-refractivity contribution in [3.05, 3.63) is 35.6 Å². The number of piperidine rings is 1. The zero-order chi connectivity index (χ0) is 14.7. The Morgan fingerprint density at radius 3 is 2.62 bits per heavy atom. The third-order valence-electron chi connectivity index (χ3n) is 5.38. The van der Waals surface area contributed by atoms with Gasteiger partial charge in [-0.2, -0.15) is 0 Å². The Kier molecular flexibility index (Phi) is 4.91. The van der Waals surface area contributed by atoms with Gasteiger partial charge in [0, 0.05) is 18.6 Å². The third kappa shape index (κ3) is 3.64. The predicted molar refractivity (Wildman–Crippen MR) is 84.5 cm³/mol. The second kappa shape index (κ2) is 6.89. The first-order chi connectivity index (χ1) is 10.2. The fraction of sp³-hybridized carbons (Fsp3) is 0.667. The van der Waals surface area contributed by atoms with E-state index in [0.717, 1.165) is 30.5 Å². The van der Waals surface area contributed by atoms with E-state index < -0.39 is 0 Å². The summed E-state index contributed by atoms with van der Waals surface area (Å²) in [6.45, 7) is 2.32. The van der Waals surface area contributed by atoms with Gasteiger partial charge in [0.1, 0.15) is 5.82 Å². The van der Waals surface area contributed by atoms with E-state index in [0.29, 0.717) is 0 Å². The predicted octanol–water partition coefficient (Wildman–Crippen LogP) is 3.87. The van der Waals surface area contributed by atoms with Gasteiger partial charge in [0.2, 0.25) is 0 Å². The zero-order valence-corrected chi connectivity index (χ0v) is 12.8. The first kappa shape index (κ1) is 15.0. The molecule has 0 radical (unpaired) electrons. The lowest BCUT2D eigenvalue weighted by atomic mass is 9.78. The first-order valence-electron chi connectivity index (χ1n) is 8.49. The maximum absolute atomic E-state index is 13.0. The molecule has 0 bridgehead atoms. The highest BCUT2D eigenvalue weighted by atomic mass is 19.1. The Hall–Kier alpha value is -0.930. The molecule has 3 heteroatoms. The fourth-order valence-corrected chi connectivity index (χ4v) is 4.19. The summed E-state index contributed by atoms with van der Waals surface area (Å²) in [5.74, 6) is 0.738. The van der Waals surface area contributed by atoms with Crippen molar-refractivity contribution in [3.8, 4) is 0 Å². The van der Waals surface area contributed by atoms with Crippen molar-refractivity contribution in [2.75, 3.05) is 13.1 Å². The number of likely N-dealkylation sites (tertiary alicyclic amines) is 1. The average molecular weight is 290 g/mol. The van der Waals surface area contributed by atoms with Crippen molar-refractivity contribution >= 4 is 0 Å². The summed E-state index contributed by atoms with van der Waals surface area (Å²) in [6.07, 6.45) is 9.33. The van der Waals surface area contributed by atoms with Gasteiger partial charge in [0.15, 0.2) is 0 Å². The molecule has 1 aromatic rings. The van der Waals surface area contributed by atoms with E-state index in [1.165, 1.54) is 57.2 Å². The molecule has 2 fully saturated rings. The summed E-state index contributed by atoms with van der Waals surface area (Å²) in [4.78, 5) is 2.68. The molecule has 2 nitrogen and oxygen atoms in total. The third-order valence-corrected chi connectivity index (χ3v) is 5.38. The lowest BCUT2D eigenvalue weighted by molar-refractivity contribution is 0.0586. The molecule has 1 saturated carbocycles.